The maximum atomic E-state index is 6.00. The quantitative estimate of drug-likeness (QED) is 0.498. The largest absolute Gasteiger partial charge is 0.289 e. The van der Waals surface area contributed by atoms with E-state index in [0.29, 0.717) is 0 Å². The van der Waals surface area contributed by atoms with Crippen LogP contribution in [0.2, 0.25) is 0 Å². The molecule has 1 unspecified atom stereocenters. The van der Waals surface area contributed by atoms with Gasteiger partial charge in [0.25, 0.3) is 0 Å². The van der Waals surface area contributed by atoms with Gasteiger partial charge in [0, 0.05) is 6.20 Å². The number of halogens is 1. The van der Waals surface area contributed by atoms with Gasteiger partial charge >= 0.3 is 0 Å². The van der Waals surface area contributed by atoms with Gasteiger partial charge in [-0.25, -0.2) is 0 Å². The first-order valence-corrected chi connectivity index (χ1v) is 3.87. The van der Waals surface area contributed by atoms with Gasteiger partial charge in [-0.15, -0.1) is 0 Å². The van der Waals surface area contributed by atoms with Crippen molar-refractivity contribution in [1.82, 2.24) is 9.88 Å². The number of pyridine rings is 1. The SMILES string of the molecule is CN(C)C(Cl)c1ccccn1. The summed E-state index contributed by atoms with van der Waals surface area (Å²) in [5, 5.41) is 0. The van der Waals surface area contributed by atoms with Crippen molar-refractivity contribution in [3.05, 3.63) is 30.1 Å². The molecule has 3 heteroatoms. The zero-order chi connectivity index (χ0) is 8.27. The minimum Gasteiger partial charge on any atom is -0.289 e. The van der Waals surface area contributed by atoms with Crippen LogP contribution in [-0.4, -0.2) is 24.0 Å². The molecular weight excluding hydrogens is 160 g/mol. The van der Waals surface area contributed by atoms with Gasteiger partial charge in [0.15, 0.2) is 0 Å². The van der Waals surface area contributed by atoms with Crippen LogP contribution in [0, 0.1) is 0 Å². The molecule has 0 radical (unpaired) electrons. The van der Waals surface area contributed by atoms with Crippen molar-refractivity contribution in [1.29, 1.82) is 0 Å². The van der Waals surface area contributed by atoms with Crippen molar-refractivity contribution in [2.24, 2.45) is 0 Å². The predicted molar refractivity (Wildman–Crippen MR) is 46.5 cm³/mol. The first-order chi connectivity index (χ1) is 5.22. The Morgan fingerprint density at radius 3 is 2.64 bits per heavy atom. The molecular formula is C8H11ClN2. The smallest absolute Gasteiger partial charge is 0.127 e. The lowest BCUT2D eigenvalue weighted by Crippen LogP contribution is -2.15. The Kier molecular flexibility index (Phi) is 2.85. The number of rotatable bonds is 2. The number of alkyl halides is 1. The van der Waals surface area contributed by atoms with Gasteiger partial charge < -0.3 is 0 Å². The minimum absolute atomic E-state index is 0.129. The van der Waals surface area contributed by atoms with Crippen LogP contribution in [0.5, 0.6) is 0 Å². The normalized spacial score (nSPS) is 13.5. The molecule has 0 amide bonds. The summed E-state index contributed by atoms with van der Waals surface area (Å²) >= 11 is 6.00. The van der Waals surface area contributed by atoms with Crippen LogP contribution in [0.3, 0.4) is 0 Å². The van der Waals surface area contributed by atoms with Crippen molar-refractivity contribution in [2.45, 2.75) is 5.50 Å². The van der Waals surface area contributed by atoms with Gasteiger partial charge in [0.2, 0.25) is 0 Å². The van der Waals surface area contributed by atoms with E-state index in [2.05, 4.69) is 4.98 Å². The van der Waals surface area contributed by atoms with E-state index in [-0.39, 0.29) is 5.50 Å². The summed E-state index contributed by atoms with van der Waals surface area (Å²) in [6.07, 6.45) is 1.74. The lowest BCUT2D eigenvalue weighted by atomic mass is 10.3. The fourth-order valence-corrected chi connectivity index (χ4v) is 0.910. The topological polar surface area (TPSA) is 16.1 Å². The second kappa shape index (κ2) is 3.69. The Hall–Kier alpha value is -0.600. The van der Waals surface area contributed by atoms with E-state index in [1.165, 1.54) is 0 Å². The molecule has 1 heterocycles. The van der Waals surface area contributed by atoms with Crippen LogP contribution < -0.4 is 0 Å². The maximum Gasteiger partial charge on any atom is 0.127 e. The Balaban J connectivity index is 2.77. The molecule has 0 spiro atoms. The van der Waals surface area contributed by atoms with Gasteiger partial charge in [-0.1, -0.05) is 17.7 Å². The summed E-state index contributed by atoms with van der Waals surface area (Å²) in [4.78, 5) is 6.03. The Labute approximate surface area is 71.8 Å². The standard InChI is InChI=1S/C8H11ClN2/c1-11(2)8(9)7-5-3-4-6-10-7/h3-6,8H,1-2H3. The molecule has 0 saturated carbocycles. The molecule has 1 rings (SSSR count). The van der Waals surface area contributed by atoms with Gasteiger partial charge in [-0.2, -0.15) is 0 Å². The van der Waals surface area contributed by atoms with Crippen LogP contribution in [0.15, 0.2) is 24.4 Å². The molecule has 11 heavy (non-hydrogen) atoms. The molecule has 1 atom stereocenters. The van der Waals surface area contributed by atoms with E-state index in [0.717, 1.165) is 5.69 Å². The van der Waals surface area contributed by atoms with E-state index in [1.54, 1.807) is 6.20 Å². The van der Waals surface area contributed by atoms with E-state index in [9.17, 15) is 0 Å². The van der Waals surface area contributed by atoms with Crippen molar-refractivity contribution in [2.75, 3.05) is 14.1 Å². The van der Waals surface area contributed by atoms with Crippen LogP contribution >= 0.6 is 11.6 Å². The molecule has 0 N–H and O–H groups in total. The van der Waals surface area contributed by atoms with Crippen LogP contribution in [0.4, 0.5) is 0 Å². The van der Waals surface area contributed by atoms with Crippen LogP contribution in [0.1, 0.15) is 11.2 Å². The summed E-state index contributed by atoms with van der Waals surface area (Å²) in [6.45, 7) is 0. The van der Waals surface area contributed by atoms with Crippen LogP contribution in [-0.2, 0) is 0 Å². The van der Waals surface area contributed by atoms with Crippen molar-refractivity contribution in [3.8, 4) is 0 Å². The molecule has 60 valence electrons. The van der Waals surface area contributed by atoms with Crippen molar-refractivity contribution in [3.63, 3.8) is 0 Å². The summed E-state index contributed by atoms with van der Waals surface area (Å²) in [5.74, 6) is 0. The fourth-order valence-electron chi connectivity index (χ4n) is 0.781. The predicted octanol–water partition coefficient (Wildman–Crippen LogP) is 1.88. The van der Waals surface area contributed by atoms with Crippen molar-refractivity contribution < 1.29 is 0 Å². The zero-order valence-corrected chi connectivity index (χ0v) is 7.42. The molecule has 0 aliphatic heterocycles. The lowest BCUT2D eigenvalue weighted by Gasteiger charge is -2.15. The lowest BCUT2D eigenvalue weighted by molar-refractivity contribution is 0.379. The van der Waals surface area contributed by atoms with Gasteiger partial charge in [0.1, 0.15) is 5.50 Å². The Morgan fingerprint density at radius 1 is 1.45 bits per heavy atom. The molecule has 0 bridgehead atoms. The average Bonchev–Trinajstić information content (AvgIpc) is 2.05. The minimum atomic E-state index is -0.129. The van der Waals surface area contributed by atoms with Crippen molar-refractivity contribution >= 4 is 11.6 Å². The number of aromatic nitrogens is 1. The fraction of sp³-hybridized carbons (Fsp3) is 0.375. The van der Waals surface area contributed by atoms with Gasteiger partial charge in [-0.3, -0.25) is 9.88 Å². The summed E-state index contributed by atoms with van der Waals surface area (Å²) in [7, 11) is 3.85. The number of nitrogens with zero attached hydrogens (tertiary/aromatic N) is 2. The third-order valence-electron chi connectivity index (χ3n) is 1.39. The molecule has 0 saturated heterocycles. The summed E-state index contributed by atoms with van der Waals surface area (Å²) in [5.41, 5.74) is 0.760. The van der Waals surface area contributed by atoms with E-state index in [4.69, 9.17) is 11.6 Å². The molecule has 1 aromatic heterocycles. The zero-order valence-electron chi connectivity index (χ0n) is 6.66. The highest BCUT2D eigenvalue weighted by Gasteiger charge is 2.09. The third kappa shape index (κ3) is 2.17. The van der Waals surface area contributed by atoms with Gasteiger partial charge in [-0.05, 0) is 26.2 Å². The Morgan fingerprint density at radius 2 is 2.18 bits per heavy atom. The average molecular weight is 171 g/mol. The van der Waals surface area contributed by atoms with E-state index >= 15 is 0 Å². The maximum absolute atomic E-state index is 6.00. The van der Waals surface area contributed by atoms with Gasteiger partial charge in [0.05, 0.1) is 5.69 Å². The highest BCUT2D eigenvalue weighted by molar-refractivity contribution is 6.20. The molecule has 2 nitrogen and oxygen atoms in total. The first kappa shape index (κ1) is 8.50. The second-order valence-corrected chi connectivity index (χ2v) is 2.97. The molecule has 0 fully saturated rings. The first-order valence-electron chi connectivity index (χ1n) is 3.43. The summed E-state index contributed by atoms with van der Waals surface area (Å²) < 4.78 is 0. The Bertz CT molecular complexity index is 211. The van der Waals surface area contributed by atoms with E-state index < -0.39 is 0 Å². The molecule has 0 aliphatic carbocycles. The molecule has 1 aromatic rings. The highest BCUT2D eigenvalue weighted by atomic mass is 35.5. The number of hydrogen-bond acceptors (Lipinski definition) is 2. The highest BCUT2D eigenvalue weighted by Crippen LogP contribution is 2.18. The van der Waals surface area contributed by atoms with E-state index in [1.807, 2.05) is 37.2 Å². The summed E-state index contributed by atoms with van der Waals surface area (Å²) in [6, 6.07) is 5.72. The van der Waals surface area contributed by atoms with Crippen LogP contribution in [0.25, 0.3) is 0 Å². The number of hydrogen-bond donors (Lipinski definition) is 0. The molecule has 0 aliphatic rings. The second-order valence-electron chi connectivity index (χ2n) is 2.55. The third-order valence-corrected chi connectivity index (χ3v) is 2.00. The monoisotopic (exact) mass is 170 g/mol. The molecule has 0 aromatic carbocycles.